The van der Waals surface area contributed by atoms with Gasteiger partial charge in [-0.05, 0) is 0 Å². The quantitative estimate of drug-likeness (QED) is 0.546. The van der Waals surface area contributed by atoms with Crippen LogP contribution in [0.4, 0.5) is 0 Å². The summed E-state index contributed by atoms with van der Waals surface area (Å²) in [4.78, 5) is 1.18. The molecule has 0 radical (unpaired) electrons. The third-order valence-electron chi connectivity index (χ3n) is 1.68. The van der Waals surface area contributed by atoms with Gasteiger partial charge in [-0.1, -0.05) is 0 Å². The van der Waals surface area contributed by atoms with Crippen LogP contribution in [0, 0.1) is 5.92 Å². The van der Waals surface area contributed by atoms with Crippen molar-refractivity contribution >= 4 is 15.0 Å². The minimum absolute atomic E-state index is 0.959. The maximum absolute atomic E-state index is 2.35. The average Bonchev–Trinajstić information content (AvgIpc) is 2.43. The zero-order valence-corrected chi connectivity index (χ0v) is 6.69. The van der Waals surface area contributed by atoms with E-state index in [1.54, 1.807) is 6.42 Å². The first-order valence-electron chi connectivity index (χ1n) is 2.91. The third kappa shape index (κ3) is 1.20. The summed E-state index contributed by atoms with van der Waals surface area (Å²) in [6, 6.07) is 0. The van der Waals surface area contributed by atoms with E-state index in [2.05, 4.69) is 12.7 Å². The van der Waals surface area contributed by atoms with E-state index in [-0.39, 0.29) is 0 Å². The molecule has 1 rings (SSSR count). The molecule has 0 aromatic heterocycles. The van der Waals surface area contributed by atoms with E-state index >= 15 is 0 Å². The van der Waals surface area contributed by atoms with Crippen LogP contribution in [0.25, 0.3) is 0 Å². The van der Waals surface area contributed by atoms with Gasteiger partial charge < -0.3 is 0 Å². The van der Waals surface area contributed by atoms with Crippen LogP contribution in [0.5, 0.6) is 0 Å². The Bertz CT molecular complexity index is 53.2. The molecule has 1 saturated carbocycles. The molecule has 0 aromatic rings. The van der Waals surface area contributed by atoms with E-state index in [0.29, 0.717) is 0 Å². The molecule has 1 aliphatic carbocycles. The van der Waals surface area contributed by atoms with Crippen molar-refractivity contribution in [1.29, 1.82) is 0 Å². The van der Waals surface area contributed by atoms with E-state index in [1.165, 1.54) is 11.2 Å². The second kappa shape index (κ2) is 2.19. The summed E-state index contributed by atoms with van der Waals surface area (Å²) in [7, 11) is 0. The topological polar surface area (TPSA) is 0 Å². The molecule has 0 saturated heterocycles. The predicted octanol–water partition coefficient (Wildman–Crippen LogP) is 1.96. The van der Waals surface area contributed by atoms with Crippen LogP contribution in [0.2, 0.25) is 10.6 Å². The Morgan fingerprint density at radius 1 is 1.71 bits per heavy atom. The molecule has 42 valence electrons. The van der Waals surface area contributed by atoms with Crippen molar-refractivity contribution in [2.75, 3.05) is 0 Å². The summed E-state index contributed by atoms with van der Waals surface area (Å²) in [6.45, 7) is 2.30. The Morgan fingerprint density at radius 3 is 2.57 bits per heavy atom. The maximum atomic E-state index is 2.35. The van der Waals surface area contributed by atoms with Gasteiger partial charge in [-0.15, -0.1) is 0 Å². The van der Waals surface area contributed by atoms with E-state index < -0.39 is 0 Å². The monoisotopic (exact) mass is 164 g/mol. The van der Waals surface area contributed by atoms with Crippen LogP contribution in [-0.2, 0) is 0 Å². The summed E-state index contributed by atoms with van der Waals surface area (Å²) in [5.74, 6) is 3.50. The number of hydrogen-bond donors (Lipinski definition) is 0. The molecule has 0 heterocycles. The molecule has 0 aromatic carbocycles. The van der Waals surface area contributed by atoms with E-state index in [1.807, 2.05) is 0 Å². The van der Waals surface area contributed by atoms with Crippen molar-refractivity contribution in [3.63, 3.8) is 0 Å². The van der Waals surface area contributed by atoms with E-state index in [0.717, 1.165) is 20.9 Å². The summed E-state index contributed by atoms with van der Waals surface area (Å²) in [5, 5.41) is 0. The molecule has 1 fully saturated rings. The summed E-state index contributed by atoms with van der Waals surface area (Å²) in [6.07, 6.45) is 2.98. The van der Waals surface area contributed by atoms with Crippen molar-refractivity contribution in [2.45, 2.75) is 30.4 Å². The van der Waals surface area contributed by atoms with Crippen molar-refractivity contribution in [2.24, 2.45) is 5.92 Å². The first-order valence-corrected chi connectivity index (χ1v) is 5.61. The molecule has 0 nitrogen and oxygen atoms in total. The summed E-state index contributed by atoms with van der Waals surface area (Å²) >= 11 is 0.959. The Kier molecular flexibility index (Phi) is 1.77. The zero-order valence-electron chi connectivity index (χ0n) is 4.98. The van der Waals surface area contributed by atoms with Crippen LogP contribution in [0.3, 0.4) is 0 Å². The SMILES string of the molecule is CCC1CC1[Se]C. The first-order chi connectivity index (χ1) is 3.38. The Morgan fingerprint density at radius 2 is 2.43 bits per heavy atom. The number of hydrogen-bond acceptors (Lipinski definition) is 0. The molecule has 2 unspecified atom stereocenters. The van der Waals surface area contributed by atoms with E-state index in [4.69, 9.17) is 0 Å². The van der Waals surface area contributed by atoms with Gasteiger partial charge in [-0.25, -0.2) is 0 Å². The second-order valence-corrected chi connectivity index (χ2v) is 4.44. The minimum atomic E-state index is 0.959. The second-order valence-electron chi connectivity index (χ2n) is 2.18. The third-order valence-corrected chi connectivity index (χ3v) is 4.17. The Labute approximate surface area is 51.8 Å². The molecule has 0 aliphatic heterocycles. The van der Waals surface area contributed by atoms with Gasteiger partial charge in [-0.3, -0.25) is 0 Å². The fourth-order valence-corrected chi connectivity index (χ4v) is 3.07. The molecule has 7 heavy (non-hydrogen) atoms. The molecular formula is C6H12Se. The van der Waals surface area contributed by atoms with Crippen molar-refractivity contribution in [3.05, 3.63) is 0 Å². The van der Waals surface area contributed by atoms with Crippen LogP contribution in [0.15, 0.2) is 0 Å². The van der Waals surface area contributed by atoms with Gasteiger partial charge in [0.2, 0.25) is 0 Å². The molecule has 0 spiro atoms. The zero-order chi connectivity index (χ0) is 5.28. The van der Waals surface area contributed by atoms with Crippen LogP contribution >= 0.6 is 0 Å². The predicted molar refractivity (Wildman–Crippen MR) is 33.8 cm³/mol. The molecule has 1 heteroatoms. The van der Waals surface area contributed by atoms with Crippen LogP contribution in [-0.4, -0.2) is 15.0 Å². The van der Waals surface area contributed by atoms with Gasteiger partial charge >= 0.3 is 51.3 Å². The fourth-order valence-electron chi connectivity index (χ4n) is 0.938. The molecule has 1 aliphatic rings. The molecule has 0 bridgehead atoms. The Hall–Kier alpha value is 0.519. The number of rotatable bonds is 2. The van der Waals surface area contributed by atoms with Gasteiger partial charge in [0.15, 0.2) is 0 Å². The molecule has 0 N–H and O–H groups in total. The van der Waals surface area contributed by atoms with Gasteiger partial charge in [0, 0.05) is 0 Å². The van der Waals surface area contributed by atoms with Gasteiger partial charge in [0.05, 0.1) is 0 Å². The van der Waals surface area contributed by atoms with Crippen molar-refractivity contribution in [3.8, 4) is 0 Å². The van der Waals surface area contributed by atoms with Gasteiger partial charge in [0.25, 0.3) is 0 Å². The Balaban J connectivity index is 2.06. The summed E-state index contributed by atoms with van der Waals surface area (Å²) in [5.41, 5.74) is 0. The van der Waals surface area contributed by atoms with Crippen molar-refractivity contribution in [1.82, 2.24) is 0 Å². The van der Waals surface area contributed by atoms with Gasteiger partial charge in [-0.2, -0.15) is 0 Å². The molecular weight excluding hydrogens is 151 g/mol. The molecule has 2 atom stereocenters. The fraction of sp³-hybridized carbons (Fsp3) is 1.00. The standard InChI is InChI=1S/C6H12Se/c1-3-5-4-6(5)7-2/h5-6H,3-4H2,1-2H3. The average molecular weight is 163 g/mol. The summed E-state index contributed by atoms with van der Waals surface area (Å²) < 4.78 is 0. The van der Waals surface area contributed by atoms with Crippen LogP contribution in [0.1, 0.15) is 19.8 Å². The normalized spacial score (nSPS) is 38.6. The molecule has 0 amide bonds. The first kappa shape index (κ1) is 5.65. The van der Waals surface area contributed by atoms with Crippen LogP contribution < -0.4 is 0 Å². The van der Waals surface area contributed by atoms with E-state index in [9.17, 15) is 0 Å². The van der Waals surface area contributed by atoms with Gasteiger partial charge in [0.1, 0.15) is 0 Å². The van der Waals surface area contributed by atoms with Crippen molar-refractivity contribution < 1.29 is 0 Å².